The van der Waals surface area contributed by atoms with E-state index in [2.05, 4.69) is 30.4 Å². The molecule has 3 fully saturated rings. The average molecular weight is 398 g/mol. The van der Waals surface area contributed by atoms with Gasteiger partial charge in [-0.15, -0.1) is 0 Å². The number of fused-ring (bicyclic) bond motifs is 4. The molecule has 2 saturated heterocycles. The van der Waals surface area contributed by atoms with Crippen LogP contribution in [0.25, 0.3) is 0 Å². The Labute approximate surface area is 175 Å². The SMILES string of the molecule is CCC1C2(c3ccccc3)OC(=N)C1(C#N)C(C#N)(C#N)C(C1CC3C=CC1C3)O2. The molecule has 150 valence electrons. The van der Waals surface area contributed by atoms with E-state index in [4.69, 9.17) is 14.9 Å². The molecule has 30 heavy (non-hydrogen) atoms. The van der Waals surface area contributed by atoms with Crippen LogP contribution in [0.2, 0.25) is 0 Å². The minimum atomic E-state index is -1.81. The fourth-order valence-electron chi connectivity index (χ4n) is 6.51. The van der Waals surface area contributed by atoms with E-state index in [0.29, 0.717) is 17.9 Å². The summed E-state index contributed by atoms with van der Waals surface area (Å²) in [5.74, 6) is -1.78. The summed E-state index contributed by atoms with van der Waals surface area (Å²) >= 11 is 0. The van der Waals surface area contributed by atoms with Crippen LogP contribution < -0.4 is 0 Å². The third-order valence-corrected chi connectivity index (χ3v) is 7.78. The zero-order chi connectivity index (χ0) is 21.1. The molecule has 0 amide bonds. The normalized spacial score (nSPS) is 42.2. The zero-order valence-corrected chi connectivity index (χ0v) is 16.7. The molecule has 5 rings (SSSR count). The van der Waals surface area contributed by atoms with Gasteiger partial charge in [-0.25, -0.2) is 0 Å². The molecule has 7 unspecified atom stereocenters. The summed E-state index contributed by atoms with van der Waals surface area (Å²) in [5.41, 5.74) is -2.78. The highest BCUT2D eigenvalue weighted by molar-refractivity contribution is 5.89. The van der Waals surface area contributed by atoms with Crippen molar-refractivity contribution in [3.05, 3.63) is 48.0 Å². The Bertz CT molecular complexity index is 1050. The molecule has 1 N–H and O–H groups in total. The predicted molar refractivity (Wildman–Crippen MR) is 106 cm³/mol. The minimum Gasteiger partial charge on any atom is -0.443 e. The van der Waals surface area contributed by atoms with Gasteiger partial charge in [-0.1, -0.05) is 49.4 Å². The number of nitriles is 3. The van der Waals surface area contributed by atoms with Crippen molar-refractivity contribution >= 4 is 5.90 Å². The Kier molecular flexibility index (Phi) is 3.88. The Hall–Kier alpha value is -3.14. The van der Waals surface area contributed by atoms with Gasteiger partial charge in [0.15, 0.2) is 10.8 Å². The molecule has 6 heteroatoms. The molecule has 2 heterocycles. The van der Waals surface area contributed by atoms with Crippen LogP contribution in [0.1, 0.15) is 31.7 Å². The molecular weight excluding hydrogens is 376 g/mol. The highest BCUT2D eigenvalue weighted by atomic mass is 16.7. The third kappa shape index (κ3) is 1.92. The maximum Gasteiger partial charge on any atom is 0.244 e. The first kappa shape index (κ1) is 18.9. The van der Waals surface area contributed by atoms with E-state index in [1.165, 1.54) is 0 Å². The van der Waals surface area contributed by atoms with Crippen LogP contribution in [0.15, 0.2) is 42.5 Å². The highest BCUT2D eigenvalue weighted by Crippen LogP contribution is 2.69. The number of nitrogens with zero attached hydrogens (tertiary/aromatic N) is 3. The lowest BCUT2D eigenvalue weighted by molar-refractivity contribution is -0.301. The van der Waals surface area contributed by atoms with E-state index < -0.39 is 28.6 Å². The predicted octanol–water partition coefficient (Wildman–Crippen LogP) is 4.03. The van der Waals surface area contributed by atoms with Gasteiger partial charge in [0.25, 0.3) is 0 Å². The number of ether oxygens (including phenoxy) is 2. The second kappa shape index (κ2) is 6.18. The smallest absolute Gasteiger partial charge is 0.244 e. The van der Waals surface area contributed by atoms with Gasteiger partial charge in [0.05, 0.1) is 30.2 Å². The first-order valence-corrected chi connectivity index (χ1v) is 10.5. The molecule has 1 aromatic carbocycles. The Morgan fingerprint density at radius 3 is 2.33 bits per heavy atom. The Morgan fingerprint density at radius 1 is 1.07 bits per heavy atom. The van der Waals surface area contributed by atoms with Crippen LogP contribution in [0.5, 0.6) is 0 Å². The van der Waals surface area contributed by atoms with Gasteiger partial charge >= 0.3 is 0 Å². The van der Waals surface area contributed by atoms with Crippen molar-refractivity contribution in [2.24, 2.45) is 34.5 Å². The molecule has 0 spiro atoms. The Morgan fingerprint density at radius 2 is 1.80 bits per heavy atom. The molecule has 0 aromatic heterocycles. The first-order chi connectivity index (χ1) is 14.5. The maximum absolute atomic E-state index is 10.4. The number of hydrogen-bond donors (Lipinski definition) is 1. The second-order valence-electron chi connectivity index (χ2n) is 8.86. The standard InChI is InChI=1S/C24H22N4O2/c1-2-19-23(14-27)21(28)30-24(19,17-6-4-3-5-7-17)29-20(22(23,12-25)13-26)18-11-15-8-9-16(18)10-15/h3-9,15-16,18-20,28H,2,10-11H2,1H3. The summed E-state index contributed by atoms with van der Waals surface area (Å²) in [5, 5.41) is 39.9. The lowest BCUT2D eigenvalue weighted by Crippen LogP contribution is -2.63. The van der Waals surface area contributed by atoms with E-state index >= 15 is 0 Å². The van der Waals surface area contributed by atoms with Gasteiger partial charge in [0.2, 0.25) is 11.7 Å². The van der Waals surface area contributed by atoms with Gasteiger partial charge < -0.3 is 9.47 Å². The van der Waals surface area contributed by atoms with E-state index in [0.717, 1.165) is 12.8 Å². The fraction of sp³-hybridized carbons (Fsp3) is 0.500. The second-order valence-corrected chi connectivity index (χ2v) is 8.86. The van der Waals surface area contributed by atoms with Crippen molar-refractivity contribution in [2.45, 2.75) is 38.1 Å². The average Bonchev–Trinajstić information content (AvgIpc) is 3.46. The topological polar surface area (TPSA) is 114 Å². The van der Waals surface area contributed by atoms with Crippen molar-refractivity contribution in [2.75, 3.05) is 0 Å². The van der Waals surface area contributed by atoms with Crippen molar-refractivity contribution in [3.63, 3.8) is 0 Å². The van der Waals surface area contributed by atoms with Crippen LogP contribution in [-0.4, -0.2) is 12.0 Å². The first-order valence-electron chi connectivity index (χ1n) is 10.5. The molecule has 2 aliphatic carbocycles. The molecule has 4 aliphatic rings. The van der Waals surface area contributed by atoms with Gasteiger partial charge in [-0.3, -0.25) is 5.41 Å². The number of allylic oxidation sites excluding steroid dienone is 2. The molecule has 0 radical (unpaired) electrons. The zero-order valence-electron chi connectivity index (χ0n) is 16.7. The number of benzene rings is 1. The molecule has 1 aromatic rings. The van der Waals surface area contributed by atoms with E-state index in [9.17, 15) is 15.8 Å². The van der Waals surface area contributed by atoms with Gasteiger partial charge in [0, 0.05) is 5.56 Å². The van der Waals surface area contributed by atoms with Gasteiger partial charge in [-0.05, 0) is 37.0 Å². The Balaban J connectivity index is 1.77. The largest absolute Gasteiger partial charge is 0.443 e. The summed E-state index contributed by atoms with van der Waals surface area (Å²) in [6, 6.07) is 16.0. The molecule has 2 aliphatic heterocycles. The van der Waals surface area contributed by atoms with Crippen LogP contribution in [0.4, 0.5) is 0 Å². The number of nitrogens with one attached hydrogen (secondary N) is 1. The summed E-state index contributed by atoms with van der Waals surface area (Å²) in [6.07, 6.45) is 5.74. The van der Waals surface area contributed by atoms with E-state index in [1.54, 1.807) is 0 Å². The van der Waals surface area contributed by atoms with Crippen LogP contribution in [-0.2, 0) is 15.3 Å². The highest BCUT2D eigenvalue weighted by Gasteiger charge is 2.81. The molecular formula is C24H22N4O2. The summed E-state index contributed by atoms with van der Waals surface area (Å²) in [6.45, 7) is 1.89. The van der Waals surface area contributed by atoms with Crippen molar-refractivity contribution < 1.29 is 9.47 Å². The summed E-state index contributed by atoms with van der Waals surface area (Å²) < 4.78 is 12.8. The van der Waals surface area contributed by atoms with Gasteiger partial charge in [-0.2, -0.15) is 15.8 Å². The van der Waals surface area contributed by atoms with E-state index in [-0.39, 0.29) is 17.7 Å². The quantitative estimate of drug-likeness (QED) is 0.772. The lowest BCUT2D eigenvalue weighted by Gasteiger charge is -2.52. The van der Waals surface area contributed by atoms with Crippen molar-refractivity contribution in [1.29, 1.82) is 21.2 Å². The molecule has 1 saturated carbocycles. The van der Waals surface area contributed by atoms with Crippen molar-refractivity contribution in [1.82, 2.24) is 0 Å². The van der Waals surface area contributed by atoms with Gasteiger partial charge in [0.1, 0.15) is 0 Å². The number of rotatable bonds is 3. The molecule has 4 bridgehead atoms. The van der Waals surface area contributed by atoms with E-state index in [1.807, 2.05) is 37.3 Å². The minimum absolute atomic E-state index is 0.0672. The molecule has 7 atom stereocenters. The van der Waals surface area contributed by atoms with Crippen molar-refractivity contribution in [3.8, 4) is 18.2 Å². The number of hydrogen-bond acceptors (Lipinski definition) is 6. The lowest BCUT2D eigenvalue weighted by atomic mass is 9.51. The van der Waals surface area contributed by atoms with Crippen LogP contribution in [0.3, 0.4) is 0 Å². The third-order valence-electron chi connectivity index (χ3n) is 7.78. The maximum atomic E-state index is 10.4. The summed E-state index contributed by atoms with van der Waals surface area (Å²) in [4.78, 5) is 0. The summed E-state index contributed by atoms with van der Waals surface area (Å²) in [7, 11) is 0. The van der Waals surface area contributed by atoms with Crippen LogP contribution >= 0.6 is 0 Å². The molecule has 6 nitrogen and oxygen atoms in total. The van der Waals surface area contributed by atoms with Crippen LogP contribution in [0, 0.1) is 73.9 Å². The fourth-order valence-corrected chi connectivity index (χ4v) is 6.51. The monoisotopic (exact) mass is 398 g/mol.